The van der Waals surface area contributed by atoms with Gasteiger partial charge in [-0.2, -0.15) is 5.10 Å². The lowest BCUT2D eigenvalue weighted by Gasteiger charge is -2.31. The van der Waals surface area contributed by atoms with Gasteiger partial charge in [0, 0.05) is 39.3 Å². The van der Waals surface area contributed by atoms with Gasteiger partial charge in [-0.05, 0) is 6.92 Å². The second kappa shape index (κ2) is 5.87. The molecule has 16 heavy (non-hydrogen) atoms. The van der Waals surface area contributed by atoms with E-state index in [-0.39, 0.29) is 12.4 Å². The predicted molar refractivity (Wildman–Crippen MR) is 68.2 cm³/mol. The second-order valence-electron chi connectivity index (χ2n) is 4.15. The summed E-state index contributed by atoms with van der Waals surface area (Å²) in [5, 5.41) is 8.33. The molecule has 0 radical (unpaired) electrons. The molecule has 1 fully saturated rings. The van der Waals surface area contributed by atoms with Gasteiger partial charge in [0.15, 0.2) is 0 Å². The van der Waals surface area contributed by atoms with Gasteiger partial charge >= 0.3 is 0 Å². The van der Waals surface area contributed by atoms with Crippen LogP contribution in [-0.2, 0) is 13.6 Å². The molecule has 0 bridgehead atoms. The van der Waals surface area contributed by atoms with Crippen LogP contribution in [0.3, 0.4) is 0 Å². The van der Waals surface area contributed by atoms with Crippen LogP contribution in [0.5, 0.6) is 0 Å². The Hall–Kier alpha value is -0.290. The first-order valence-corrected chi connectivity index (χ1v) is 5.66. The number of nitrogens with one attached hydrogen (secondary N) is 1. The molecule has 92 valence electrons. The Morgan fingerprint density at radius 1 is 1.62 bits per heavy atom. The van der Waals surface area contributed by atoms with E-state index in [4.69, 9.17) is 11.6 Å². The standard InChI is InChI=1S/C10H17ClN4.ClH/c1-8-6-15(4-3-12-8)7-10-9(11)5-13-14(10)2;/h5,8,12H,3-4,6-7H2,1-2H3;1H/t8-;/m0./s1. The van der Waals surface area contributed by atoms with Crippen molar-refractivity contribution >= 4 is 24.0 Å². The van der Waals surface area contributed by atoms with Crippen LogP contribution in [0, 0.1) is 0 Å². The number of aromatic nitrogens is 2. The van der Waals surface area contributed by atoms with Crippen molar-refractivity contribution in [2.24, 2.45) is 7.05 Å². The van der Waals surface area contributed by atoms with Crippen molar-refractivity contribution in [1.82, 2.24) is 20.0 Å². The van der Waals surface area contributed by atoms with Gasteiger partial charge in [-0.1, -0.05) is 11.6 Å². The van der Waals surface area contributed by atoms with Crippen molar-refractivity contribution in [3.05, 3.63) is 16.9 Å². The van der Waals surface area contributed by atoms with Crippen LogP contribution in [0.2, 0.25) is 5.02 Å². The van der Waals surface area contributed by atoms with Gasteiger partial charge in [0.05, 0.1) is 16.9 Å². The molecule has 0 amide bonds. The summed E-state index contributed by atoms with van der Waals surface area (Å²) in [4.78, 5) is 2.41. The molecular formula is C10H18Cl2N4. The Labute approximate surface area is 107 Å². The lowest BCUT2D eigenvalue weighted by molar-refractivity contribution is 0.195. The molecule has 1 saturated heterocycles. The number of rotatable bonds is 2. The van der Waals surface area contributed by atoms with Gasteiger partial charge in [0.25, 0.3) is 0 Å². The lowest BCUT2D eigenvalue weighted by atomic mass is 10.2. The molecule has 0 aliphatic carbocycles. The third-order valence-corrected chi connectivity index (χ3v) is 3.15. The maximum atomic E-state index is 6.08. The van der Waals surface area contributed by atoms with Crippen LogP contribution in [-0.4, -0.2) is 40.4 Å². The first-order chi connectivity index (χ1) is 7.16. The summed E-state index contributed by atoms with van der Waals surface area (Å²) in [7, 11) is 1.94. The third-order valence-electron chi connectivity index (χ3n) is 2.84. The molecular weight excluding hydrogens is 247 g/mol. The van der Waals surface area contributed by atoms with Crippen molar-refractivity contribution < 1.29 is 0 Å². The summed E-state index contributed by atoms with van der Waals surface area (Å²) in [6.45, 7) is 6.29. The van der Waals surface area contributed by atoms with E-state index in [2.05, 4.69) is 22.2 Å². The zero-order chi connectivity index (χ0) is 10.8. The molecule has 0 spiro atoms. The normalized spacial score (nSPS) is 21.8. The minimum absolute atomic E-state index is 0. The summed E-state index contributed by atoms with van der Waals surface area (Å²) in [6.07, 6.45) is 1.71. The van der Waals surface area contributed by atoms with E-state index in [1.807, 2.05) is 11.7 Å². The van der Waals surface area contributed by atoms with Crippen molar-refractivity contribution in [2.45, 2.75) is 19.5 Å². The first kappa shape index (κ1) is 13.8. The Balaban J connectivity index is 0.00000128. The molecule has 0 unspecified atom stereocenters. The first-order valence-electron chi connectivity index (χ1n) is 5.29. The van der Waals surface area contributed by atoms with E-state index in [0.29, 0.717) is 6.04 Å². The zero-order valence-electron chi connectivity index (χ0n) is 9.61. The predicted octanol–water partition coefficient (Wildman–Crippen LogP) is 1.29. The Morgan fingerprint density at radius 2 is 2.38 bits per heavy atom. The van der Waals surface area contributed by atoms with Crippen LogP contribution in [0.1, 0.15) is 12.6 Å². The number of hydrogen-bond acceptors (Lipinski definition) is 3. The highest BCUT2D eigenvalue weighted by molar-refractivity contribution is 6.31. The quantitative estimate of drug-likeness (QED) is 0.874. The average molecular weight is 265 g/mol. The van der Waals surface area contributed by atoms with Gasteiger partial charge in [-0.15, -0.1) is 12.4 Å². The van der Waals surface area contributed by atoms with E-state index in [9.17, 15) is 0 Å². The van der Waals surface area contributed by atoms with Crippen LogP contribution < -0.4 is 5.32 Å². The number of hydrogen-bond donors (Lipinski definition) is 1. The summed E-state index contributed by atoms with van der Waals surface area (Å²) >= 11 is 6.08. The molecule has 2 heterocycles. The summed E-state index contributed by atoms with van der Waals surface area (Å²) in [5.74, 6) is 0. The lowest BCUT2D eigenvalue weighted by Crippen LogP contribution is -2.48. The van der Waals surface area contributed by atoms with Crippen LogP contribution in [0.4, 0.5) is 0 Å². The van der Waals surface area contributed by atoms with Gasteiger partial charge in [0.1, 0.15) is 0 Å². The molecule has 1 atom stereocenters. The van der Waals surface area contributed by atoms with E-state index in [1.165, 1.54) is 0 Å². The molecule has 0 aromatic carbocycles. The van der Waals surface area contributed by atoms with Crippen LogP contribution in [0.25, 0.3) is 0 Å². The van der Waals surface area contributed by atoms with Crippen LogP contribution >= 0.6 is 24.0 Å². The minimum atomic E-state index is 0. The molecule has 1 aromatic rings. The molecule has 4 nitrogen and oxygen atoms in total. The van der Waals surface area contributed by atoms with E-state index in [0.717, 1.165) is 36.9 Å². The Bertz CT molecular complexity index is 320. The van der Waals surface area contributed by atoms with Crippen LogP contribution in [0.15, 0.2) is 6.20 Å². The van der Waals surface area contributed by atoms with Crippen molar-refractivity contribution in [3.63, 3.8) is 0 Å². The third kappa shape index (κ3) is 3.10. The Morgan fingerprint density at radius 3 is 2.94 bits per heavy atom. The monoisotopic (exact) mass is 264 g/mol. The van der Waals surface area contributed by atoms with E-state index in [1.54, 1.807) is 6.20 Å². The summed E-state index contributed by atoms with van der Waals surface area (Å²) in [6, 6.07) is 0.561. The highest BCUT2D eigenvalue weighted by atomic mass is 35.5. The summed E-state index contributed by atoms with van der Waals surface area (Å²) in [5.41, 5.74) is 1.10. The van der Waals surface area contributed by atoms with Gasteiger partial charge in [-0.25, -0.2) is 0 Å². The SMILES string of the molecule is C[C@H]1CN(Cc2c(Cl)cnn2C)CCN1.Cl. The van der Waals surface area contributed by atoms with Gasteiger partial charge in [-0.3, -0.25) is 9.58 Å². The van der Waals surface area contributed by atoms with Gasteiger partial charge in [0.2, 0.25) is 0 Å². The largest absolute Gasteiger partial charge is 0.312 e. The van der Waals surface area contributed by atoms with Gasteiger partial charge < -0.3 is 5.32 Å². The number of halogens is 2. The van der Waals surface area contributed by atoms with E-state index >= 15 is 0 Å². The molecule has 1 aromatic heterocycles. The van der Waals surface area contributed by atoms with Crippen molar-refractivity contribution in [2.75, 3.05) is 19.6 Å². The van der Waals surface area contributed by atoms with E-state index < -0.39 is 0 Å². The summed E-state index contributed by atoms with van der Waals surface area (Å²) < 4.78 is 1.86. The fourth-order valence-electron chi connectivity index (χ4n) is 1.98. The maximum Gasteiger partial charge on any atom is 0.0831 e. The highest BCUT2D eigenvalue weighted by Crippen LogP contribution is 2.16. The zero-order valence-corrected chi connectivity index (χ0v) is 11.2. The molecule has 0 saturated carbocycles. The topological polar surface area (TPSA) is 33.1 Å². The Kier molecular flexibility index (Phi) is 5.05. The number of nitrogens with zero attached hydrogens (tertiary/aromatic N) is 3. The van der Waals surface area contributed by atoms with Crippen molar-refractivity contribution in [3.8, 4) is 0 Å². The minimum Gasteiger partial charge on any atom is -0.312 e. The molecule has 6 heteroatoms. The highest BCUT2D eigenvalue weighted by Gasteiger charge is 2.18. The number of piperazine rings is 1. The molecule has 1 N–H and O–H groups in total. The fraction of sp³-hybridized carbons (Fsp3) is 0.700. The fourth-order valence-corrected chi connectivity index (χ4v) is 2.21. The maximum absolute atomic E-state index is 6.08. The smallest absolute Gasteiger partial charge is 0.0831 e. The van der Waals surface area contributed by atoms with Crippen molar-refractivity contribution in [1.29, 1.82) is 0 Å². The second-order valence-corrected chi connectivity index (χ2v) is 4.56. The number of aryl methyl sites for hydroxylation is 1. The molecule has 2 rings (SSSR count). The average Bonchev–Trinajstić information content (AvgIpc) is 2.50. The molecule has 1 aliphatic heterocycles. The molecule has 1 aliphatic rings.